The average molecular weight is 800 g/mol. The normalized spacial score (nSPS) is 13.0. The molecule has 0 atom stereocenters. The van der Waals surface area contributed by atoms with Crippen molar-refractivity contribution in [3.05, 3.63) is 136 Å². The van der Waals surface area contributed by atoms with E-state index >= 15 is 0 Å². The van der Waals surface area contributed by atoms with E-state index in [1.807, 2.05) is 0 Å². The molecular formula is C53H56N2Se. The number of aromatic nitrogens is 2. The molecule has 0 unspecified atom stereocenters. The molecule has 5 aromatic carbocycles. The first-order chi connectivity index (χ1) is 26.2. The Labute approximate surface area is 340 Å². The van der Waals surface area contributed by atoms with Crippen molar-refractivity contribution >= 4 is 46.0 Å². The van der Waals surface area contributed by atoms with Crippen molar-refractivity contribution in [3.8, 4) is 44.8 Å². The van der Waals surface area contributed by atoms with E-state index in [1.54, 1.807) is 0 Å². The summed E-state index contributed by atoms with van der Waals surface area (Å²) in [6, 6.07) is 41.8. The number of benzene rings is 5. The van der Waals surface area contributed by atoms with E-state index in [9.17, 15) is 0 Å². The number of hydrogen-bond acceptors (Lipinski definition) is 1. The molecule has 0 aliphatic heterocycles. The van der Waals surface area contributed by atoms with Crippen molar-refractivity contribution in [2.24, 2.45) is 0 Å². The van der Waals surface area contributed by atoms with Gasteiger partial charge in [0, 0.05) is 0 Å². The molecule has 0 fully saturated rings. The molecule has 0 saturated carbocycles. The van der Waals surface area contributed by atoms with Crippen LogP contribution >= 0.6 is 0 Å². The van der Waals surface area contributed by atoms with Gasteiger partial charge in [0.25, 0.3) is 0 Å². The fraction of sp³-hybridized carbons (Fsp3) is 0.302. The number of rotatable bonds is 4. The van der Waals surface area contributed by atoms with Crippen LogP contribution in [0.3, 0.4) is 0 Å². The summed E-state index contributed by atoms with van der Waals surface area (Å²) in [4.78, 5) is 11.9. The summed E-state index contributed by atoms with van der Waals surface area (Å²) < 4.78 is 1.36. The molecule has 284 valence electrons. The minimum absolute atomic E-state index is 0.0351. The zero-order chi connectivity index (χ0) is 39.9. The summed E-state index contributed by atoms with van der Waals surface area (Å²) in [5.41, 5.74) is 17.1. The number of fused-ring (bicyclic) bond motifs is 4. The Bertz CT molecular complexity index is 2670. The van der Waals surface area contributed by atoms with E-state index < -0.39 is 0 Å². The molecule has 0 saturated heterocycles. The monoisotopic (exact) mass is 800 g/mol. The molecule has 1 N–H and O–H groups in total. The Morgan fingerprint density at radius 3 is 1.48 bits per heavy atom. The predicted octanol–water partition coefficient (Wildman–Crippen LogP) is 14.8. The average Bonchev–Trinajstić information content (AvgIpc) is 3.77. The van der Waals surface area contributed by atoms with Crippen LogP contribution in [0.5, 0.6) is 0 Å². The van der Waals surface area contributed by atoms with Crippen LogP contribution in [-0.4, -0.2) is 24.5 Å². The number of pyridine rings is 1. The van der Waals surface area contributed by atoms with Crippen LogP contribution in [0.15, 0.2) is 114 Å². The number of aromatic amines is 1. The van der Waals surface area contributed by atoms with Gasteiger partial charge in [-0.3, -0.25) is 0 Å². The zero-order valence-corrected chi connectivity index (χ0v) is 37.0. The van der Waals surface area contributed by atoms with Crippen LogP contribution in [-0.2, 0) is 21.7 Å². The van der Waals surface area contributed by atoms with Crippen molar-refractivity contribution in [2.75, 3.05) is 0 Å². The fourth-order valence-corrected chi connectivity index (χ4v) is 9.68. The van der Waals surface area contributed by atoms with Gasteiger partial charge in [-0.1, -0.05) is 41.5 Å². The first-order valence-electron chi connectivity index (χ1n) is 20.1. The summed E-state index contributed by atoms with van der Waals surface area (Å²) in [6.07, 6.45) is 0. The molecule has 2 nitrogen and oxygen atoms in total. The third-order valence-corrected chi connectivity index (χ3v) is 13.5. The molecule has 0 radical (unpaired) electrons. The Hall–Kier alpha value is -4.69. The fourth-order valence-electron chi connectivity index (χ4n) is 7.83. The maximum atomic E-state index is 5.70. The van der Waals surface area contributed by atoms with Gasteiger partial charge in [-0.25, -0.2) is 0 Å². The summed E-state index contributed by atoms with van der Waals surface area (Å²) in [5, 5.41) is 3.83. The van der Waals surface area contributed by atoms with Gasteiger partial charge in [0.05, 0.1) is 0 Å². The van der Waals surface area contributed by atoms with Gasteiger partial charge in [-0.2, -0.15) is 0 Å². The van der Waals surface area contributed by atoms with Crippen LogP contribution in [0.25, 0.3) is 76.2 Å². The molecule has 8 rings (SSSR count). The van der Waals surface area contributed by atoms with Crippen molar-refractivity contribution in [1.82, 2.24) is 9.97 Å². The summed E-state index contributed by atoms with van der Waals surface area (Å²) >= 11 is 0.197. The van der Waals surface area contributed by atoms with Crippen LogP contribution in [0, 0.1) is 0 Å². The quantitative estimate of drug-likeness (QED) is 0.177. The molecule has 0 spiro atoms. The number of nitrogens with zero attached hydrogens (tertiary/aromatic N) is 1. The molecule has 0 aliphatic carbocycles. The van der Waals surface area contributed by atoms with Gasteiger partial charge in [-0.15, -0.1) is 0 Å². The SMILES string of the molecule is CC(C)(C)c1ccc(-c2cc(-c3ccc(C(C)(C)C)cc3)cc(-c3cc4cc[se]c4c(-c4cc(C(C)(C)C)cc5c4[nH]c4ccc(C(C)(C)C)cc45)n3)c2)cc1. The van der Waals surface area contributed by atoms with Crippen LogP contribution < -0.4 is 0 Å². The zero-order valence-electron chi connectivity index (χ0n) is 35.3. The minimum atomic E-state index is -0.0351. The van der Waals surface area contributed by atoms with Gasteiger partial charge in [0.15, 0.2) is 0 Å². The first-order valence-corrected chi connectivity index (χ1v) is 21.9. The van der Waals surface area contributed by atoms with E-state index in [-0.39, 0.29) is 36.2 Å². The second-order valence-corrected chi connectivity index (χ2v) is 21.9. The topological polar surface area (TPSA) is 28.7 Å². The van der Waals surface area contributed by atoms with Crippen LogP contribution in [0.1, 0.15) is 105 Å². The second kappa shape index (κ2) is 13.5. The standard InChI is InChI=1S/C53H56N2Se/c1-50(2,3)38-17-13-32(14-18-38)35-25-36(33-15-19-39(20-16-33)51(4,5)6)27-37(26-35)46-28-34-23-24-56-49(34)48(55-46)44-31-41(53(10,11)12)30-43-42-29-40(52(7,8)9)21-22-45(42)54-47(43)44/h13-31,54H,1-12H3. The third kappa shape index (κ3) is 7.21. The number of hydrogen-bond donors (Lipinski definition) is 1. The third-order valence-electron chi connectivity index (χ3n) is 11.5. The summed E-state index contributed by atoms with van der Waals surface area (Å²) in [5.74, 6) is 0. The van der Waals surface area contributed by atoms with Gasteiger partial charge in [-0.05, 0) is 0 Å². The molecule has 0 amide bonds. The summed E-state index contributed by atoms with van der Waals surface area (Å²) in [7, 11) is 0. The van der Waals surface area contributed by atoms with E-state index in [0.29, 0.717) is 0 Å². The molecule has 3 heterocycles. The molecule has 3 heteroatoms. The van der Waals surface area contributed by atoms with E-state index in [0.717, 1.165) is 17.0 Å². The van der Waals surface area contributed by atoms with E-state index in [2.05, 4.69) is 202 Å². The van der Waals surface area contributed by atoms with Crippen molar-refractivity contribution < 1.29 is 0 Å². The maximum absolute atomic E-state index is 5.70. The Balaban J connectivity index is 1.37. The van der Waals surface area contributed by atoms with Gasteiger partial charge in [0.1, 0.15) is 0 Å². The van der Waals surface area contributed by atoms with E-state index in [1.165, 1.54) is 81.5 Å². The first kappa shape index (κ1) is 38.2. The predicted molar refractivity (Wildman–Crippen MR) is 245 cm³/mol. The van der Waals surface area contributed by atoms with Gasteiger partial charge in [0.2, 0.25) is 0 Å². The molecule has 0 aliphatic rings. The summed E-state index contributed by atoms with van der Waals surface area (Å²) in [6.45, 7) is 27.5. The van der Waals surface area contributed by atoms with Gasteiger partial charge >= 0.3 is 300 Å². The van der Waals surface area contributed by atoms with E-state index in [4.69, 9.17) is 4.98 Å². The number of nitrogens with one attached hydrogen (secondary N) is 1. The second-order valence-electron chi connectivity index (χ2n) is 20.0. The van der Waals surface area contributed by atoms with Crippen LogP contribution in [0.4, 0.5) is 0 Å². The molecule has 3 aromatic heterocycles. The van der Waals surface area contributed by atoms with Gasteiger partial charge < -0.3 is 0 Å². The molecular weight excluding hydrogens is 744 g/mol. The Morgan fingerprint density at radius 1 is 0.446 bits per heavy atom. The molecule has 0 bridgehead atoms. The van der Waals surface area contributed by atoms with Crippen LogP contribution in [0.2, 0.25) is 0 Å². The molecule has 56 heavy (non-hydrogen) atoms. The van der Waals surface area contributed by atoms with Crippen molar-refractivity contribution in [2.45, 2.75) is 105 Å². The van der Waals surface area contributed by atoms with Crippen molar-refractivity contribution in [1.29, 1.82) is 0 Å². The molecule has 8 aromatic rings. The number of H-pyrrole nitrogens is 1. The Morgan fingerprint density at radius 2 is 0.946 bits per heavy atom. The Kier molecular flexibility index (Phi) is 9.18. The van der Waals surface area contributed by atoms with Crippen molar-refractivity contribution in [3.63, 3.8) is 0 Å².